The van der Waals surface area contributed by atoms with Crippen LogP contribution in [0.15, 0.2) is 0 Å². The Morgan fingerprint density at radius 2 is 2.16 bits per heavy atom. The number of rotatable bonds is 11. The van der Waals surface area contributed by atoms with Crippen LogP contribution >= 0.6 is 36.6 Å². The summed E-state index contributed by atoms with van der Waals surface area (Å²) in [5.41, 5.74) is 0. The Balaban J connectivity index is 4.30. The van der Waals surface area contributed by atoms with Crippen LogP contribution in [0.1, 0.15) is 40.0 Å². The monoisotopic (exact) mass is 325 g/mol. The summed E-state index contributed by atoms with van der Waals surface area (Å²) < 4.78 is 11.6. The molecule has 0 rings (SSSR count). The second kappa shape index (κ2) is 11.2. The molecule has 0 aromatic heterocycles. The molecule has 3 nitrogen and oxygen atoms in total. The van der Waals surface area contributed by atoms with E-state index in [-0.39, 0.29) is 9.44 Å². The average molecular weight is 326 g/mol. The van der Waals surface area contributed by atoms with E-state index in [1.54, 1.807) is 11.8 Å². The molecule has 0 amide bonds. The molecule has 0 heterocycles. The number of hydrogen-bond donors (Lipinski definition) is 2. The molecule has 114 valence electrons. The minimum atomic E-state index is -0.318. The van der Waals surface area contributed by atoms with E-state index in [1.165, 1.54) is 0 Å². The predicted molar refractivity (Wildman–Crippen MR) is 92.1 cm³/mol. The van der Waals surface area contributed by atoms with Gasteiger partial charge in [0.25, 0.3) is 0 Å². The first-order chi connectivity index (χ1) is 8.95. The number of nitrogens with one attached hydrogen (secondary N) is 1. The summed E-state index contributed by atoms with van der Waals surface area (Å²) >= 11 is 10.4. The molecule has 0 aromatic carbocycles. The van der Waals surface area contributed by atoms with Crippen LogP contribution in [0.25, 0.3) is 0 Å². The zero-order chi connectivity index (χ0) is 14.7. The van der Waals surface area contributed by atoms with Gasteiger partial charge >= 0.3 is 0 Å². The van der Waals surface area contributed by atoms with E-state index in [1.807, 2.05) is 0 Å². The van der Waals surface area contributed by atoms with E-state index in [9.17, 15) is 0 Å². The maximum atomic E-state index is 6.09. The van der Waals surface area contributed by atoms with Gasteiger partial charge in [-0.1, -0.05) is 39.8 Å². The van der Waals surface area contributed by atoms with Crippen molar-refractivity contribution in [2.45, 2.75) is 45.1 Å². The third-order valence-corrected chi connectivity index (χ3v) is 3.93. The number of thiocarbonyl (C=S) groups is 1. The van der Waals surface area contributed by atoms with E-state index >= 15 is 0 Å². The predicted octanol–water partition coefficient (Wildman–Crippen LogP) is 3.69. The Hall–Kier alpha value is 0.510. The second-order valence-electron chi connectivity index (χ2n) is 4.81. The molecule has 0 saturated carbocycles. The van der Waals surface area contributed by atoms with Gasteiger partial charge in [0.15, 0.2) is 5.06 Å². The van der Waals surface area contributed by atoms with Crippen LogP contribution in [0.4, 0.5) is 0 Å². The number of thiol groups is 1. The molecule has 0 aliphatic rings. The third-order valence-electron chi connectivity index (χ3n) is 2.56. The van der Waals surface area contributed by atoms with Gasteiger partial charge in [-0.25, -0.2) is 0 Å². The Labute approximate surface area is 133 Å². The first-order valence-electron chi connectivity index (χ1n) is 6.75. The van der Waals surface area contributed by atoms with E-state index in [0.717, 1.165) is 25.9 Å². The second-order valence-corrected chi connectivity index (χ2v) is 6.95. The van der Waals surface area contributed by atoms with Crippen LogP contribution in [-0.2, 0) is 9.47 Å². The van der Waals surface area contributed by atoms with Gasteiger partial charge in [-0.15, -0.1) is 11.8 Å². The third kappa shape index (κ3) is 9.96. The SMILES string of the molecule is CCCCC(NCCOC(=S)S)(OCC(C)C)SC. The lowest BCUT2D eigenvalue weighted by Crippen LogP contribution is -2.46. The minimum Gasteiger partial charge on any atom is -0.477 e. The molecule has 0 radical (unpaired) electrons. The van der Waals surface area contributed by atoms with Crippen LogP contribution in [0, 0.1) is 5.92 Å². The van der Waals surface area contributed by atoms with Gasteiger partial charge < -0.3 is 9.47 Å². The molecule has 0 spiro atoms. The molecule has 0 bridgehead atoms. The number of hydrogen-bond acceptors (Lipinski definition) is 5. The van der Waals surface area contributed by atoms with Crippen molar-refractivity contribution >= 4 is 41.0 Å². The molecular weight excluding hydrogens is 298 g/mol. The number of unbranched alkanes of at least 4 members (excludes halogenated alkanes) is 1. The highest BCUT2D eigenvalue weighted by molar-refractivity contribution is 8.10. The molecule has 0 aromatic rings. The lowest BCUT2D eigenvalue weighted by atomic mass is 10.2. The van der Waals surface area contributed by atoms with Crippen LogP contribution in [0.2, 0.25) is 0 Å². The summed E-state index contributed by atoms with van der Waals surface area (Å²) in [6.07, 6.45) is 5.36. The van der Waals surface area contributed by atoms with Crippen molar-refractivity contribution in [2.75, 3.05) is 26.0 Å². The van der Waals surface area contributed by atoms with Gasteiger partial charge in [0.1, 0.15) is 6.61 Å². The number of ether oxygens (including phenoxy) is 2. The summed E-state index contributed by atoms with van der Waals surface area (Å²) in [7, 11) is 0. The van der Waals surface area contributed by atoms with Gasteiger partial charge in [-0.2, -0.15) is 0 Å². The van der Waals surface area contributed by atoms with Crippen molar-refractivity contribution in [1.82, 2.24) is 5.32 Å². The van der Waals surface area contributed by atoms with Crippen LogP contribution in [-0.4, -0.2) is 35.5 Å². The number of thioether (sulfide) groups is 1. The van der Waals surface area contributed by atoms with Crippen molar-refractivity contribution in [3.63, 3.8) is 0 Å². The largest absolute Gasteiger partial charge is 0.477 e. The topological polar surface area (TPSA) is 30.5 Å². The molecule has 0 fully saturated rings. The maximum absolute atomic E-state index is 6.09. The molecule has 0 saturated heterocycles. The fourth-order valence-electron chi connectivity index (χ4n) is 1.54. The summed E-state index contributed by atoms with van der Waals surface area (Å²) in [6, 6.07) is 0. The van der Waals surface area contributed by atoms with Gasteiger partial charge in [0.05, 0.1) is 6.61 Å². The lowest BCUT2D eigenvalue weighted by molar-refractivity contribution is -0.0205. The van der Waals surface area contributed by atoms with E-state index in [0.29, 0.717) is 19.1 Å². The highest BCUT2D eigenvalue weighted by Crippen LogP contribution is 2.28. The molecule has 19 heavy (non-hydrogen) atoms. The first kappa shape index (κ1) is 19.5. The Bertz CT molecular complexity index is 252. The molecule has 1 N–H and O–H groups in total. The fraction of sp³-hybridized carbons (Fsp3) is 0.923. The standard InChI is InChI=1S/C13H27NO2S3/c1-5-6-7-13(19-4,16-10-11(2)3)14-8-9-15-12(17)18/h11,14H,5-10H2,1-4H3,(H,17,18). The average Bonchev–Trinajstić information content (AvgIpc) is 2.37. The molecular formula is C13H27NO2S3. The zero-order valence-corrected chi connectivity index (χ0v) is 14.9. The van der Waals surface area contributed by atoms with Gasteiger partial charge in [-0.05, 0) is 37.2 Å². The van der Waals surface area contributed by atoms with E-state index in [2.05, 4.69) is 45.0 Å². The van der Waals surface area contributed by atoms with Crippen molar-refractivity contribution < 1.29 is 9.47 Å². The van der Waals surface area contributed by atoms with Crippen molar-refractivity contribution in [1.29, 1.82) is 0 Å². The zero-order valence-electron chi connectivity index (χ0n) is 12.4. The quantitative estimate of drug-likeness (QED) is 0.262. The van der Waals surface area contributed by atoms with Gasteiger partial charge in [0, 0.05) is 6.54 Å². The summed E-state index contributed by atoms with van der Waals surface area (Å²) in [5.74, 6) is 0.524. The normalized spacial score (nSPS) is 14.4. The summed E-state index contributed by atoms with van der Waals surface area (Å²) in [6.45, 7) is 8.48. The lowest BCUT2D eigenvalue weighted by Gasteiger charge is -2.34. The van der Waals surface area contributed by atoms with Crippen molar-refractivity contribution in [3.8, 4) is 0 Å². The van der Waals surface area contributed by atoms with Gasteiger partial charge in [0.2, 0.25) is 4.38 Å². The molecule has 0 aliphatic carbocycles. The van der Waals surface area contributed by atoms with Crippen molar-refractivity contribution in [3.05, 3.63) is 0 Å². The smallest absolute Gasteiger partial charge is 0.216 e. The summed E-state index contributed by atoms with van der Waals surface area (Å²) in [5, 5.41) is 3.13. The first-order valence-corrected chi connectivity index (χ1v) is 8.83. The molecule has 1 atom stereocenters. The maximum Gasteiger partial charge on any atom is 0.216 e. The Morgan fingerprint density at radius 3 is 2.63 bits per heavy atom. The molecule has 6 heteroatoms. The Morgan fingerprint density at radius 1 is 1.47 bits per heavy atom. The highest BCUT2D eigenvalue weighted by Gasteiger charge is 2.29. The fourth-order valence-corrected chi connectivity index (χ4v) is 2.49. The summed E-state index contributed by atoms with van der Waals surface area (Å²) in [4.78, 5) is 0. The van der Waals surface area contributed by atoms with Crippen LogP contribution in [0.5, 0.6) is 0 Å². The van der Waals surface area contributed by atoms with E-state index in [4.69, 9.17) is 21.7 Å². The molecule has 0 aliphatic heterocycles. The highest BCUT2D eigenvalue weighted by atomic mass is 32.2. The Kier molecular flexibility index (Phi) is 11.5. The van der Waals surface area contributed by atoms with Crippen LogP contribution < -0.4 is 5.32 Å². The van der Waals surface area contributed by atoms with E-state index < -0.39 is 0 Å². The molecule has 1 unspecified atom stereocenters. The minimum absolute atomic E-state index is 0.285. The van der Waals surface area contributed by atoms with Crippen molar-refractivity contribution in [2.24, 2.45) is 5.92 Å². The van der Waals surface area contributed by atoms with Gasteiger partial charge in [-0.3, -0.25) is 5.32 Å². The van der Waals surface area contributed by atoms with Crippen LogP contribution in [0.3, 0.4) is 0 Å².